The predicted molar refractivity (Wildman–Crippen MR) is 112 cm³/mol. The zero-order valence-electron chi connectivity index (χ0n) is 16.1. The molecule has 0 radical (unpaired) electrons. The number of benzene rings is 1. The number of rotatable bonds is 6. The van der Waals surface area contributed by atoms with Gasteiger partial charge < -0.3 is 26.1 Å². The lowest BCUT2D eigenvalue weighted by atomic mass is 9.98. The predicted octanol–water partition coefficient (Wildman–Crippen LogP) is 1.91. The monoisotopic (exact) mass is 379 g/mol. The van der Waals surface area contributed by atoms with E-state index in [-0.39, 0.29) is 11.8 Å². The van der Waals surface area contributed by atoms with Crippen LogP contribution in [0.5, 0.6) is 0 Å². The van der Waals surface area contributed by atoms with Crippen LogP contribution in [0.4, 0.5) is 11.5 Å². The molecule has 1 aromatic carbocycles. The van der Waals surface area contributed by atoms with Crippen molar-refractivity contribution in [2.75, 3.05) is 37.4 Å². The van der Waals surface area contributed by atoms with Crippen LogP contribution in [0.15, 0.2) is 36.8 Å². The fraction of sp³-hybridized carbons (Fsp3) is 0.300. The van der Waals surface area contributed by atoms with Gasteiger partial charge in [-0.2, -0.15) is 0 Å². The van der Waals surface area contributed by atoms with Crippen molar-refractivity contribution in [2.45, 2.75) is 13.0 Å². The Morgan fingerprint density at radius 1 is 1.36 bits per heavy atom. The molecule has 0 amide bonds. The first kappa shape index (κ1) is 19.5. The summed E-state index contributed by atoms with van der Waals surface area (Å²) in [6, 6.07) is 7.21. The number of morpholine rings is 1. The highest BCUT2D eigenvalue weighted by Crippen LogP contribution is 2.23. The third-order valence-corrected chi connectivity index (χ3v) is 4.59. The lowest BCUT2D eigenvalue weighted by Gasteiger charge is -2.32. The Morgan fingerprint density at radius 3 is 2.89 bits per heavy atom. The minimum Gasteiger partial charge on any atom is -0.398 e. The molecule has 0 spiro atoms. The van der Waals surface area contributed by atoms with Crippen LogP contribution in [0, 0.1) is 10.8 Å². The topological polar surface area (TPSA) is 124 Å². The Morgan fingerprint density at radius 2 is 2.18 bits per heavy atom. The summed E-state index contributed by atoms with van der Waals surface area (Å²) in [5.74, 6) is 0.773. The Bertz CT molecular complexity index is 909. The van der Waals surface area contributed by atoms with Crippen molar-refractivity contribution in [1.29, 1.82) is 10.8 Å². The van der Waals surface area contributed by atoms with Crippen LogP contribution in [-0.2, 0) is 4.74 Å². The number of nitrogens with zero attached hydrogens (tertiary/aromatic N) is 3. The van der Waals surface area contributed by atoms with Crippen molar-refractivity contribution in [3.05, 3.63) is 53.6 Å². The highest BCUT2D eigenvalue weighted by atomic mass is 16.5. The molecule has 5 N–H and O–H groups in total. The maximum atomic E-state index is 8.65. The highest BCUT2D eigenvalue weighted by molar-refractivity contribution is 6.15. The number of hydrogen-bond donors (Lipinski definition) is 4. The Kier molecular flexibility index (Phi) is 6.00. The maximum Gasteiger partial charge on any atom is 0.132 e. The first-order valence-electron chi connectivity index (χ1n) is 9.09. The molecule has 1 saturated heterocycles. The largest absolute Gasteiger partial charge is 0.398 e. The van der Waals surface area contributed by atoms with Crippen LogP contribution >= 0.6 is 0 Å². The first-order chi connectivity index (χ1) is 13.5. The first-order valence-corrected chi connectivity index (χ1v) is 9.09. The van der Waals surface area contributed by atoms with E-state index >= 15 is 0 Å². The van der Waals surface area contributed by atoms with Crippen LogP contribution in [0.25, 0.3) is 5.57 Å². The Balaban J connectivity index is 1.93. The zero-order chi connectivity index (χ0) is 20.1. The van der Waals surface area contributed by atoms with Crippen molar-refractivity contribution in [3.63, 3.8) is 0 Å². The highest BCUT2D eigenvalue weighted by Gasteiger charge is 2.20. The summed E-state index contributed by atoms with van der Waals surface area (Å²) in [5.41, 5.74) is 9.42. The number of nitrogens with two attached hydrogens (primary N) is 1. The number of nitrogens with one attached hydrogen (secondary N) is 3. The molecule has 1 aliphatic rings. The molecule has 0 saturated carbocycles. The molecular weight excluding hydrogens is 354 g/mol. The summed E-state index contributed by atoms with van der Waals surface area (Å²) in [4.78, 5) is 10.8. The van der Waals surface area contributed by atoms with E-state index in [0.29, 0.717) is 29.1 Å². The SMILES string of the molecule is CN/C=C(\C=N)c1ccc(N)c(C(=N)c2cc(N3CCO[C@H](C)C3)ncn2)c1. The summed E-state index contributed by atoms with van der Waals surface area (Å²) in [6.07, 6.45) is 4.60. The fourth-order valence-corrected chi connectivity index (χ4v) is 3.14. The van der Waals surface area contributed by atoms with E-state index < -0.39 is 0 Å². The molecule has 3 rings (SSSR count). The molecule has 1 aromatic heterocycles. The minimum absolute atomic E-state index is 0.137. The third kappa shape index (κ3) is 4.17. The number of anilines is 2. The quantitative estimate of drug-likeness (QED) is 0.449. The molecule has 28 heavy (non-hydrogen) atoms. The average molecular weight is 379 g/mol. The van der Waals surface area contributed by atoms with Gasteiger partial charge in [-0.1, -0.05) is 6.07 Å². The second-order valence-electron chi connectivity index (χ2n) is 6.60. The molecule has 1 fully saturated rings. The van der Waals surface area contributed by atoms with Crippen LogP contribution in [-0.4, -0.2) is 54.7 Å². The van der Waals surface area contributed by atoms with E-state index in [4.69, 9.17) is 21.3 Å². The van der Waals surface area contributed by atoms with E-state index in [1.54, 1.807) is 19.3 Å². The molecule has 2 aromatic rings. The number of allylic oxidation sites excluding steroid dienone is 1. The Labute approximate surface area is 164 Å². The van der Waals surface area contributed by atoms with Crippen molar-refractivity contribution >= 4 is 29.0 Å². The van der Waals surface area contributed by atoms with E-state index in [0.717, 1.165) is 24.5 Å². The number of ether oxygens (including phenoxy) is 1. The molecule has 2 heterocycles. The van der Waals surface area contributed by atoms with Gasteiger partial charge in [0.15, 0.2) is 0 Å². The van der Waals surface area contributed by atoms with Gasteiger partial charge in [0.2, 0.25) is 0 Å². The Hall–Kier alpha value is -3.26. The van der Waals surface area contributed by atoms with Gasteiger partial charge in [0.05, 0.1) is 24.1 Å². The summed E-state index contributed by atoms with van der Waals surface area (Å²) >= 11 is 0. The maximum absolute atomic E-state index is 8.65. The molecule has 0 bridgehead atoms. The molecule has 0 unspecified atom stereocenters. The summed E-state index contributed by atoms with van der Waals surface area (Å²) in [5, 5.41) is 19.2. The van der Waals surface area contributed by atoms with Gasteiger partial charge >= 0.3 is 0 Å². The number of hydrogen-bond acceptors (Lipinski definition) is 8. The van der Waals surface area contributed by atoms with Gasteiger partial charge in [0, 0.05) is 55.4 Å². The van der Waals surface area contributed by atoms with Crippen LogP contribution in [0.3, 0.4) is 0 Å². The average Bonchev–Trinajstić information content (AvgIpc) is 2.72. The number of aromatic nitrogens is 2. The van der Waals surface area contributed by atoms with E-state index in [9.17, 15) is 0 Å². The molecule has 8 nitrogen and oxygen atoms in total. The van der Waals surface area contributed by atoms with Gasteiger partial charge in [-0.25, -0.2) is 9.97 Å². The van der Waals surface area contributed by atoms with Gasteiger partial charge in [0.1, 0.15) is 12.1 Å². The van der Waals surface area contributed by atoms with Crippen molar-refractivity contribution in [3.8, 4) is 0 Å². The van der Waals surface area contributed by atoms with E-state index in [1.807, 2.05) is 25.1 Å². The summed E-state index contributed by atoms with van der Waals surface area (Å²) in [6.45, 7) is 4.18. The van der Waals surface area contributed by atoms with Crippen LogP contribution in [0.1, 0.15) is 23.7 Å². The molecule has 0 aliphatic carbocycles. The number of nitrogen functional groups attached to an aromatic ring is 1. The molecular formula is C20H25N7O. The van der Waals surface area contributed by atoms with Gasteiger partial charge in [-0.3, -0.25) is 5.41 Å². The molecule has 146 valence electrons. The fourth-order valence-electron chi connectivity index (χ4n) is 3.14. The van der Waals surface area contributed by atoms with Crippen LogP contribution in [0.2, 0.25) is 0 Å². The third-order valence-electron chi connectivity index (χ3n) is 4.59. The second kappa shape index (κ2) is 8.62. The smallest absolute Gasteiger partial charge is 0.132 e. The van der Waals surface area contributed by atoms with Gasteiger partial charge in [-0.15, -0.1) is 0 Å². The lowest BCUT2D eigenvalue weighted by molar-refractivity contribution is 0.0529. The van der Waals surface area contributed by atoms with Crippen molar-refractivity contribution in [2.24, 2.45) is 0 Å². The normalized spacial score (nSPS) is 17.3. The van der Waals surface area contributed by atoms with Crippen LogP contribution < -0.4 is 16.0 Å². The molecule has 1 aliphatic heterocycles. The minimum atomic E-state index is 0.137. The molecule has 1 atom stereocenters. The standard InChI is InChI=1S/C20H25N7O/c1-13-11-27(5-6-28-13)19-8-18(25-12-26-19)20(23)16-7-14(3-4-17(16)22)15(9-21)10-24-2/h3-4,7-10,12-13,21,23-24H,5-6,11,22H2,1-2H3/b15-10+,21-9?,23-20?/t13-/m1/s1. The molecule has 8 heteroatoms. The zero-order valence-corrected chi connectivity index (χ0v) is 16.1. The second-order valence-corrected chi connectivity index (χ2v) is 6.60. The summed E-state index contributed by atoms with van der Waals surface area (Å²) in [7, 11) is 1.78. The van der Waals surface area contributed by atoms with E-state index in [2.05, 4.69) is 20.2 Å². The summed E-state index contributed by atoms with van der Waals surface area (Å²) < 4.78 is 5.59. The lowest BCUT2D eigenvalue weighted by Crippen LogP contribution is -2.41. The van der Waals surface area contributed by atoms with Crippen molar-refractivity contribution < 1.29 is 4.74 Å². The van der Waals surface area contributed by atoms with E-state index in [1.165, 1.54) is 12.5 Å². The van der Waals surface area contributed by atoms with Gasteiger partial charge in [0.25, 0.3) is 0 Å². The van der Waals surface area contributed by atoms with Crippen molar-refractivity contribution in [1.82, 2.24) is 15.3 Å². The van der Waals surface area contributed by atoms with Gasteiger partial charge in [-0.05, 0) is 24.6 Å².